The highest BCUT2D eigenvalue weighted by Gasteiger charge is 2.40. The highest BCUT2D eigenvalue weighted by molar-refractivity contribution is 5.80. The van der Waals surface area contributed by atoms with Crippen molar-refractivity contribution < 1.29 is 4.79 Å². The monoisotopic (exact) mass is 322 g/mol. The number of piperidine rings is 1. The fraction of sp³-hybridized carbons (Fsp3) is 0.421. The molecule has 1 aromatic carbocycles. The van der Waals surface area contributed by atoms with E-state index in [-0.39, 0.29) is 11.8 Å². The van der Waals surface area contributed by atoms with Crippen LogP contribution >= 0.6 is 0 Å². The van der Waals surface area contributed by atoms with E-state index in [0.717, 1.165) is 38.2 Å². The summed E-state index contributed by atoms with van der Waals surface area (Å²) >= 11 is 0. The summed E-state index contributed by atoms with van der Waals surface area (Å²) in [5, 5.41) is 3.24. The van der Waals surface area contributed by atoms with Crippen LogP contribution in [0.2, 0.25) is 0 Å². The molecule has 0 unspecified atom stereocenters. The Morgan fingerprint density at radius 3 is 2.88 bits per heavy atom. The first-order valence-electron chi connectivity index (χ1n) is 8.67. The third kappa shape index (κ3) is 3.25. The van der Waals surface area contributed by atoms with E-state index in [1.807, 2.05) is 6.07 Å². The highest BCUT2D eigenvalue weighted by Crippen LogP contribution is 2.40. The molecule has 1 saturated heterocycles. The van der Waals surface area contributed by atoms with Crippen molar-refractivity contribution in [3.8, 4) is 0 Å². The number of hydrogen-bond acceptors (Lipinski definition) is 4. The van der Waals surface area contributed by atoms with Crippen LogP contribution in [0.1, 0.15) is 30.7 Å². The van der Waals surface area contributed by atoms with Gasteiger partial charge < -0.3 is 10.2 Å². The smallest absolute Gasteiger partial charge is 0.225 e. The van der Waals surface area contributed by atoms with Crippen LogP contribution in [-0.2, 0) is 4.79 Å². The number of nitrogens with one attached hydrogen (secondary N) is 1. The van der Waals surface area contributed by atoms with Crippen molar-refractivity contribution in [3.05, 3.63) is 54.5 Å². The normalized spacial score (nSPS) is 26.0. The molecule has 1 saturated carbocycles. The second-order valence-corrected chi connectivity index (χ2v) is 6.72. The number of carbonyl (C=O) groups is 1. The van der Waals surface area contributed by atoms with Gasteiger partial charge in [0.25, 0.3) is 0 Å². The van der Waals surface area contributed by atoms with Crippen LogP contribution < -0.4 is 10.2 Å². The molecule has 24 heavy (non-hydrogen) atoms. The fourth-order valence-corrected chi connectivity index (χ4v) is 3.58. The maximum Gasteiger partial charge on any atom is 0.225 e. The number of nitrogens with zero attached hydrogens (tertiary/aromatic N) is 3. The molecule has 1 aliphatic heterocycles. The first-order chi connectivity index (χ1) is 11.8. The molecule has 1 amide bonds. The Labute approximate surface area is 142 Å². The average molecular weight is 322 g/mol. The summed E-state index contributed by atoms with van der Waals surface area (Å²) in [6, 6.07) is 10.7. The minimum Gasteiger partial charge on any atom is -0.355 e. The van der Waals surface area contributed by atoms with Gasteiger partial charge in [-0.25, -0.2) is 4.98 Å². The van der Waals surface area contributed by atoms with E-state index in [1.54, 1.807) is 18.6 Å². The molecule has 3 atom stereocenters. The van der Waals surface area contributed by atoms with E-state index < -0.39 is 0 Å². The summed E-state index contributed by atoms with van der Waals surface area (Å²) in [6.07, 6.45) is 8.16. The van der Waals surface area contributed by atoms with Gasteiger partial charge in [0, 0.05) is 37.4 Å². The van der Waals surface area contributed by atoms with Crippen LogP contribution in [0.4, 0.5) is 5.82 Å². The molecule has 1 aliphatic carbocycles. The van der Waals surface area contributed by atoms with Gasteiger partial charge in [0.05, 0.1) is 12.1 Å². The quantitative estimate of drug-likeness (QED) is 0.939. The number of hydrogen-bond donors (Lipinski definition) is 1. The Kier molecular flexibility index (Phi) is 4.15. The summed E-state index contributed by atoms with van der Waals surface area (Å²) in [5.41, 5.74) is 1.33. The molecular weight excluding hydrogens is 300 g/mol. The fourth-order valence-electron chi connectivity index (χ4n) is 3.58. The van der Waals surface area contributed by atoms with Crippen molar-refractivity contribution >= 4 is 11.7 Å². The second-order valence-electron chi connectivity index (χ2n) is 6.72. The van der Waals surface area contributed by atoms with Gasteiger partial charge in [-0.1, -0.05) is 30.3 Å². The van der Waals surface area contributed by atoms with Crippen molar-refractivity contribution in [3.63, 3.8) is 0 Å². The number of benzene rings is 1. The zero-order valence-electron chi connectivity index (χ0n) is 13.6. The summed E-state index contributed by atoms with van der Waals surface area (Å²) in [5.74, 6) is 1.57. The summed E-state index contributed by atoms with van der Waals surface area (Å²) in [4.78, 5) is 23.3. The van der Waals surface area contributed by atoms with Crippen LogP contribution in [0.5, 0.6) is 0 Å². The molecule has 5 heteroatoms. The minimum atomic E-state index is 0.0396. The van der Waals surface area contributed by atoms with Crippen LogP contribution in [0.25, 0.3) is 0 Å². The van der Waals surface area contributed by atoms with Crippen molar-refractivity contribution in [2.24, 2.45) is 5.92 Å². The third-order valence-electron chi connectivity index (χ3n) is 5.01. The van der Waals surface area contributed by atoms with Crippen molar-refractivity contribution in [2.45, 2.75) is 31.2 Å². The lowest BCUT2D eigenvalue weighted by molar-refractivity contribution is -0.125. The summed E-state index contributed by atoms with van der Waals surface area (Å²) < 4.78 is 0. The molecule has 0 spiro atoms. The molecule has 2 aliphatic rings. The van der Waals surface area contributed by atoms with Gasteiger partial charge >= 0.3 is 0 Å². The van der Waals surface area contributed by atoms with E-state index in [1.165, 1.54) is 5.56 Å². The Hall–Kier alpha value is -2.43. The Balaban J connectivity index is 1.34. The third-order valence-corrected chi connectivity index (χ3v) is 5.01. The number of aromatic nitrogens is 2. The minimum absolute atomic E-state index is 0.0396. The molecule has 4 rings (SSSR count). The van der Waals surface area contributed by atoms with Gasteiger partial charge in [-0.2, -0.15) is 0 Å². The van der Waals surface area contributed by atoms with Crippen LogP contribution in [0.3, 0.4) is 0 Å². The van der Waals surface area contributed by atoms with Gasteiger partial charge in [-0.15, -0.1) is 0 Å². The molecule has 0 radical (unpaired) electrons. The van der Waals surface area contributed by atoms with Gasteiger partial charge in [0.1, 0.15) is 5.82 Å². The molecular formula is C19H22N4O. The van der Waals surface area contributed by atoms with Crippen LogP contribution in [-0.4, -0.2) is 35.0 Å². The van der Waals surface area contributed by atoms with Crippen LogP contribution in [0, 0.1) is 5.92 Å². The lowest BCUT2D eigenvalue weighted by atomic mass is 9.97. The van der Waals surface area contributed by atoms with Crippen LogP contribution in [0.15, 0.2) is 48.9 Å². The van der Waals surface area contributed by atoms with E-state index in [9.17, 15) is 4.79 Å². The molecule has 5 nitrogen and oxygen atoms in total. The van der Waals surface area contributed by atoms with Crippen molar-refractivity contribution in [2.75, 3.05) is 18.0 Å². The van der Waals surface area contributed by atoms with E-state index >= 15 is 0 Å². The van der Waals surface area contributed by atoms with Crippen molar-refractivity contribution in [1.29, 1.82) is 0 Å². The second kappa shape index (κ2) is 6.59. The zero-order chi connectivity index (χ0) is 16.4. The Morgan fingerprint density at radius 1 is 1.21 bits per heavy atom. The standard InChI is InChI=1S/C19H22N4O/c24-19(22-17-11-16(17)14-5-2-1-3-6-14)15-7-4-10-23(13-15)18-12-20-8-9-21-18/h1-3,5-6,8-9,12,15-17H,4,7,10-11,13H2,(H,22,24)/t15-,16-,17-/m1/s1. The number of anilines is 1. The maximum absolute atomic E-state index is 12.6. The maximum atomic E-state index is 12.6. The lowest BCUT2D eigenvalue weighted by Gasteiger charge is -2.32. The zero-order valence-corrected chi connectivity index (χ0v) is 13.6. The van der Waals surface area contributed by atoms with E-state index in [0.29, 0.717) is 12.0 Å². The Bertz CT molecular complexity index is 691. The topological polar surface area (TPSA) is 58.1 Å². The Morgan fingerprint density at radius 2 is 2.08 bits per heavy atom. The first-order valence-corrected chi connectivity index (χ1v) is 8.67. The number of amides is 1. The van der Waals surface area contributed by atoms with E-state index in [2.05, 4.69) is 44.5 Å². The number of rotatable bonds is 4. The molecule has 2 heterocycles. The van der Waals surface area contributed by atoms with Gasteiger partial charge in [-0.05, 0) is 24.8 Å². The average Bonchev–Trinajstić information content (AvgIpc) is 3.42. The lowest BCUT2D eigenvalue weighted by Crippen LogP contribution is -2.44. The van der Waals surface area contributed by atoms with Gasteiger partial charge in [-0.3, -0.25) is 9.78 Å². The molecule has 124 valence electrons. The highest BCUT2D eigenvalue weighted by atomic mass is 16.2. The first kappa shape index (κ1) is 15.1. The van der Waals surface area contributed by atoms with Gasteiger partial charge in [0.15, 0.2) is 0 Å². The molecule has 0 bridgehead atoms. The molecule has 1 N–H and O–H groups in total. The predicted molar refractivity (Wildman–Crippen MR) is 92.7 cm³/mol. The number of carbonyl (C=O) groups excluding carboxylic acids is 1. The molecule has 2 aromatic rings. The van der Waals surface area contributed by atoms with Gasteiger partial charge in [0.2, 0.25) is 5.91 Å². The SMILES string of the molecule is O=C(N[C@@H]1C[C@@H]1c1ccccc1)[C@@H]1CCCN(c2cnccn2)C1. The predicted octanol–water partition coefficient (Wildman–Crippen LogP) is 2.37. The summed E-state index contributed by atoms with van der Waals surface area (Å²) in [6.45, 7) is 1.67. The van der Waals surface area contributed by atoms with E-state index in [4.69, 9.17) is 0 Å². The largest absolute Gasteiger partial charge is 0.355 e. The molecule has 1 aromatic heterocycles. The summed E-state index contributed by atoms with van der Waals surface area (Å²) in [7, 11) is 0. The van der Waals surface area contributed by atoms with Crippen molar-refractivity contribution in [1.82, 2.24) is 15.3 Å². The molecule has 2 fully saturated rings.